The number of carbonyl (C=O) groups is 2. The first-order valence-electron chi connectivity index (χ1n) is 9.86. The molecule has 0 saturated carbocycles. The van der Waals surface area contributed by atoms with Crippen molar-refractivity contribution in [2.75, 3.05) is 25.5 Å². The van der Waals surface area contributed by atoms with Crippen LogP contribution in [0.4, 0.5) is 5.69 Å². The maximum atomic E-state index is 12.5. The molecule has 148 valence electrons. The Morgan fingerprint density at radius 2 is 1.79 bits per heavy atom. The van der Waals surface area contributed by atoms with Crippen molar-refractivity contribution in [1.82, 2.24) is 10.2 Å². The lowest BCUT2D eigenvalue weighted by molar-refractivity contribution is -0.123. The number of nitrogens with zero attached hydrogens (tertiary/aromatic N) is 1. The Morgan fingerprint density at radius 1 is 1.04 bits per heavy atom. The van der Waals surface area contributed by atoms with E-state index in [0.29, 0.717) is 0 Å². The minimum absolute atomic E-state index is 0.0521. The van der Waals surface area contributed by atoms with Crippen molar-refractivity contribution in [3.63, 3.8) is 0 Å². The fraction of sp³-hybridized carbons (Fsp3) is 0.391. The molecule has 0 radical (unpaired) electrons. The number of likely N-dealkylation sites (N-methyl/N-ethyl adjacent to an activating group) is 1. The predicted molar refractivity (Wildman–Crippen MR) is 112 cm³/mol. The van der Waals surface area contributed by atoms with Gasteiger partial charge in [-0.3, -0.25) is 14.5 Å². The first-order valence-corrected chi connectivity index (χ1v) is 9.86. The van der Waals surface area contributed by atoms with Crippen molar-refractivity contribution in [2.45, 2.75) is 39.2 Å². The summed E-state index contributed by atoms with van der Waals surface area (Å²) in [6.45, 7) is 4.37. The summed E-state index contributed by atoms with van der Waals surface area (Å²) >= 11 is 0. The summed E-state index contributed by atoms with van der Waals surface area (Å²) in [6, 6.07) is 14.2. The number of anilines is 1. The molecule has 0 aromatic heterocycles. The smallest absolute Gasteiger partial charge is 0.238 e. The first kappa shape index (κ1) is 20.1. The van der Waals surface area contributed by atoms with Crippen LogP contribution in [0.15, 0.2) is 42.5 Å². The normalized spacial score (nSPS) is 15.8. The Bertz CT molecular complexity index is 863. The van der Waals surface area contributed by atoms with E-state index < -0.39 is 0 Å². The second-order valence-electron chi connectivity index (χ2n) is 7.68. The molecule has 1 aliphatic carbocycles. The van der Waals surface area contributed by atoms with Crippen molar-refractivity contribution in [2.24, 2.45) is 0 Å². The van der Waals surface area contributed by atoms with Gasteiger partial charge in [0.15, 0.2) is 0 Å². The maximum absolute atomic E-state index is 12.5. The van der Waals surface area contributed by atoms with Gasteiger partial charge < -0.3 is 10.6 Å². The molecule has 2 amide bonds. The molecule has 0 heterocycles. The molecule has 2 aromatic carbocycles. The van der Waals surface area contributed by atoms with E-state index in [1.54, 1.807) is 11.9 Å². The quantitative estimate of drug-likeness (QED) is 0.809. The highest BCUT2D eigenvalue weighted by molar-refractivity contribution is 5.93. The van der Waals surface area contributed by atoms with Gasteiger partial charge in [0.1, 0.15) is 0 Å². The molecule has 0 spiro atoms. The molecular weight excluding hydrogens is 350 g/mol. The highest BCUT2D eigenvalue weighted by atomic mass is 16.2. The lowest BCUT2D eigenvalue weighted by atomic mass is 9.88. The Morgan fingerprint density at radius 3 is 2.61 bits per heavy atom. The van der Waals surface area contributed by atoms with Crippen molar-refractivity contribution < 1.29 is 9.59 Å². The molecule has 0 aliphatic heterocycles. The van der Waals surface area contributed by atoms with Crippen molar-refractivity contribution in [3.05, 3.63) is 64.7 Å². The highest BCUT2D eigenvalue weighted by Crippen LogP contribution is 2.29. The van der Waals surface area contributed by atoms with Crippen molar-refractivity contribution in [3.8, 4) is 0 Å². The van der Waals surface area contributed by atoms with Gasteiger partial charge in [-0.1, -0.05) is 36.4 Å². The lowest BCUT2D eigenvalue weighted by Crippen LogP contribution is -2.40. The van der Waals surface area contributed by atoms with Gasteiger partial charge in [-0.15, -0.1) is 0 Å². The summed E-state index contributed by atoms with van der Waals surface area (Å²) < 4.78 is 0. The Hall–Kier alpha value is -2.66. The molecule has 3 rings (SSSR count). The Labute approximate surface area is 167 Å². The lowest BCUT2D eigenvalue weighted by Gasteiger charge is -2.27. The number of hydrogen-bond donors (Lipinski definition) is 2. The monoisotopic (exact) mass is 379 g/mol. The minimum Gasteiger partial charge on any atom is -0.348 e. The van der Waals surface area contributed by atoms with Gasteiger partial charge in [-0.25, -0.2) is 0 Å². The van der Waals surface area contributed by atoms with Crippen LogP contribution in [0.1, 0.15) is 41.1 Å². The predicted octanol–water partition coefficient (Wildman–Crippen LogP) is 3.37. The number of fused-ring (bicyclic) bond motifs is 1. The third kappa shape index (κ3) is 4.98. The zero-order chi connectivity index (χ0) is 20.1. The van der Waals surface area contributed by atoms with Crippen LogP contribution in [0.2, 0.25) is 0 Å². The Balaban J connectivity index is 1.51. The van der Waals surface area contributed by atoms with Gasteiger partial charge in [-0.2, -0.15) is 0 Å². The largest absolute Gasteiger partial charge is 0.348 e. The minimum atomic E-state index is -0.119. The van der Waals surface area contributed by atoms with Gasteiger partial charge in [0.2, 0.25) is 11.8 Å². The standard InChI is InChI=1S/C23H29N3O2/c1-16-8-6-12-20(17(16)2)24-22(27)14-26(3)15-23(28)25-21-13-7-10-18-9-4-5-11-19(18)21/h4-6,8-9,11-12,21H,7,10,13-15H2,1-3H3,(H,24,27)(H,25,28)/t21-/m0/s1. The van der Waals surface area contributed by atoms with E-state index in [9.17, 15) is 9.59 Å². The van der Waals surface area contributed by atoms with E-state index in [1.807, 2.05) is 44.2 Å². The molecule has 0 bridgehead atoms. The SMILES string of the molecule is Cc1cccc(NC(=O)CN(C)CC(=O)N[C@H]2CCCc3ccccc32)c1C. The van der Waals surface area contributed by atoms with Gasteiger partial charge in [0.25, 0.3) is 0 Å². The number of aryl methyl sites for hydroxylation is 2. The fourth-order valence-electron chi connectivity index (χ4n) is 3.77. The van der Waals surface area contributed by atoms with Gasteiger partial charge >= 0.3 is 0 Å². The van der Waals surface area contributed by atoms with Crippen molar-refractivity contribution >= 4 is 17.5 Å². The molecule has 1 atom stereocenters. The zero-order valence-electron chi connectivity index (χ0n) is 16.9. The third-order valence-corrected chi connectivity index (χ3v) is 5.41. The van der Waals surface area contributed by atoms with Gasteiger partial charge in [-0.05, 0) is 68.5 Å². The van der Waals surface area contributed by atoms with Crippen LogP contribution in [-0.2, 0) is 16.0 Å². The fourth-order valence-corrected chi connectivity index (χ4v) is 3.77. The molecule has 5 heteroatoms. The molecular formula is C23H29N3O2. The van der Waals surface area contributed by atoms with Crippen LogP contribution in [0, 0.1) is 13.8 Å². The van der Waals surface area contributed by atoms with E-state index in [2.05, 4.69) is 22.8 Å². The summed E-state index contributed by atoms with van der Waals surface area (Å²) in [5, 5.41) is 6.07. The summed E-state index contributed by atoms with van der Waals surface area (Å²) in [5.74, 6) is -0.171. The molecule has 0 saturated heterocycles. The van der Waals surface area contributed by atoms with E-state index in [4.69, 9.17) is 0 Å². The van der Waals surface area contributed by atoms with E-state index in [0.717, 1.165) is 36.1 Å². The Kier molecular flexibility index (Phi) is 6.47. The van der Waals surface area contributed by atoms with Crippen LogP contribution in [-0.4, -0.2) is 36.9 Å². The summed E-state index contributed by atoms with van der Waals surface area (Å²) in [5.41, 5.74) is 5.56. The van der Waals surface area contributed by atoms with E-state index >= 15 is 0 Å². The summed E-state index contributed by atoms with van der Waals surface area (Å²) in [6.07, 6.45) is 3.11. The molecule has 5 nitrogen and oxygen atoms in total. The third-order valence-electron chi connectivity index (χ3n) is 5.41. The molecule has 1 aliphatic rings. The zero-order valence-corrected chi connectivity index (χ0v) is 16.9. The average molecular weight is 380 g/mol. The molecule has 2 aromatic rings. The number of nitrogens with one attached hydrogen (secondary N) is 2. The van der Waals surface area contributed by atoms with Crippen LogP contribution in [0.25, 0.3) is 0 Å². The van der Waals surface area contributed by atoms with E-state index in [-0.39, 0.29) is 30.9 Å². The summed E-state index contributed by atoms with van der Waals surface area (Å²) in [4.78, 5) is 26.6. The molecule has 2 N–H and O–H groups in total. The first-order chi connectivity index (χ1) is 13.4. The molecule has 28 heavy (non-hydrogen) atoms. The summed E-state index contributed by atoms with van der Waals surface area (Å²) in [7, 11) is 1.79. The maximum Gasteiger partial charge on any atom is 0.238 e. The topological polar surface area (TPSA) is 61.4 Å². The van der Waals surface area contributed by atoms with Crippen molar-refractivity contribution in [1.29, 1.82) is 0 Å². The highest BCUT2D eigenvalue weighted by Gasteiger charge is 2.22. The molecule has 0 fully saturated rings. The van der Waals surface area contributed by atoms with Crippen LogP contribution in [0.5, 0.6) is 0 Å². The second kappa shape index (κ2) is 9.02. The second-order valence-corrected chi connectivity index (χ2v) is 7.68. The average Bonchev–Trinajstić information content (AvgIpc) is 2.65. The van der Waals surface area contributed by atoms with E-state index in [1.165, 1.54) is 11.1 Å². The number of benzene rings is 2. The van der Waals surface area contributed by atoms with Crippen LogP contribution in [0.3, 0.4) is 0 Å². The van der Waals surface area contributed by atoms with Crippen LogP contribution < -0.4 is 10.6 Å². The van der Waals surface area contributed by atoms with Gasteiger partial charge in [0.05, 0.1) is 19.1 Å². The molecule has 0 unspecified atom stereocenters. The number of hydrogen-bond acceptors (Lipinski definition) is 3. The van der Waals surface area contributed by atoms with Crippen LogP contribution >= 0.6 is 0 Å². The number of rotatable bonds is 6. The number of amides is 2. The number of carbonyl (C=O) groups excluding carboxylic acids is 2. The van der Waals surface area contributed by atoms with Gasteiger partial charge in [0, 0.05) is 5.69 Å².